The average Bonchev–Trinajstić information content (AvgIpc) is 2.09. The third-order valence-electron chi connectivity index (χ3n) is 1.46. The first-order chi connectivity index (χ1) is 6.13. The van der Waals surface area contributed by atoms with Gasteiger partial charge in [-0.15, -0.1) is 0 Å². The molecular formula is C7H9ClN2O3. The highest BCUT2D eigenvalue weighted by atomic mass is 35.5. The maximum absolute atomic E-state index is 11.1. The van der Waals surface area contributed by atoms with Gasteiger partial charge in [-0.05, 0) is 0 Å². The van der Waals surface area contributed by atoms with Crippen LogP contribution in [0.2, 0.25) is 5.15 Å². The van der Waals surface area contributed by atoms with Crippen LogP contribution in [0.5, 0.6) is 0 Å². The van der Waals surface area contributed by atoms with E-state index in [2.05, 4.69) is 4.98 Å². The van der Waals surface area contributed by atoms with Gasteiger partial charge in [-0.3, -0.25) is 9.36 Å². The number of aliphatic hydroxyl groups is 2. The zero-order chi connectivity index (χ0) is 9.84. The van der Waals surface area contributed by atoms with Crippen LogP contribution in [0.25, 0.3) is 0 Å². The summed E-state index contributed by atoms with van der Waals surface area (Å²) in [5.74, 6) is 0. The summed E-state index contributed by atoms with van der Waals surface area (Å²) in [4.78, 5) is 14.8. The Hall–Kier alpha value is -0.910. The number of hydrogen-bond donors (Lipinski definition) is 2. The van der Waals surface area contributed by atoms with Gasteiger partial charge in [0.05, 0.1) is 25.6 Å². The normalized spacial score (nSPS) is 12.8. The first-order valence-electron chi connectivity index (χ1n) is 3.64. The molecule has 1 heterocycles. The van der Waals surface area contributed by atoms with Crippen molar-refractivity contribution in [1.29, 1.82) is 0 Å². The zero-order valence-electron chi connectivity index (χ0n) is 6.72. The van der Waals surface area contributed by atoms with Gasteiger partial charge in [-0.25, -0.2) is 4.98 Å². The number of nitrogens with zero attached hydrogens (tertiary/aromatic N) is 2. The van der Waals surface area contributed by atoms with Gasteiger partial charge < -0.3 is 10.2 Å². The highest BCUT2D eigenvalue weighted by Gasteiger charge is 2.04. The lowest BCUT2D eigenvalue weighted by Crippen LogP contribution is -2.28. The van der Waals surface area contributed by atoms with Crippen LogP contribution < -0.4 is 5.56 Å². The van der Waals surface area contributed by atoms with Crippen molar-refractivity contribution in [3.63, 3.8) is 0 Å². The Morgan fingerprint density at radius 2 is 2.38 bits per heavy atom. The molecule has 13 heavy (non-hydrogen) atoms. The third-order valence-corrected chi connectivity index (χ3v) is 1.67. The number of hydrogen-bond acceptors (Lipinski definition) is 4. The molecule has 2 N–H and O–H groups in total. The lowest BCUT2D eigenvalue weighted by molar-refractivity contribution is 0.0801. The summed E-state index contributed by atoms with van der Waals surface area (Å²) in [6, 6.07) is 1.14. The van der Waals surface area contributed by atoms with Crippen LogP contribution in [-0.2, 0) is 6.54 Å². The van der Waals surface area contributed by atoms with Gasteiger partial charge in [0.1, 0.15) is 5.15 Å². The van der Waals surface area contributed by atoms with Gasteiger partial charge in [-0.1, -0.05) is 11.6 Å². The van der Waals surface area contributed by atoms with Crippen LogP contribution in [0.3, 0.4) is 0 Å². The van der Waals surface area contributed by atoms with Crippen molar-refractivity contribution in [1.82, 2.24) is 9.55 Å². The van der Waals surface area contributed by atoms with E-state index in [0.29, 0.717) is 0 Å². The van der Waals surface area contributed by atoms with Crippen LogP contribution in [0.1, 0.15) is 0 Å². The Bertz CT molecular complexity index is 339. The Kier molecular flexibility index (Phi) is 3.41. The molecule has 1 atom stereocenters. The van der Waals surface area contributed by atoms with Crippen molar-refractivity contribution >= 4 is 11.6 Å². The molecule has 6 heteroatoms. The maximum Gasteiger partial charge on any atom is 0.254 e. The van der Waals surface area contributed by atoms with Crippen molar-refractivity contribution in [2.75, 3.05) is 6.61 Å². The maximum atomic E-state index is 11.1. The van der Waals surface area contributed by atoms with Crippen LogP contribution in [0.15, 0.2) is 17.2 Å². The first kappa shape index (κ1) is 10.2. The van der Waals surface area contributed by atoms with Gasteiger partial charge >= 0.3 is 0 Å². The number of aliphatic hydroxyl groups excluding tert-OH is 2. The Balaban J connectivity index is 2.84. The Morgan fingerprint density at radius 1 is 1.69 bits per heavy atom. The summed E-state index contributed by atoms with van der Waals surface area (Å²) in [7, 11) is 0. The first-order valence-corrected chi connectivity index (χ1v) is 4.02. The minimum absolute atomic E-state index is 0.0134. The summed E-state index contributed by atoms with van der Waals surface area (Å²) >= 11 is 5.45. The lowest BCUT2D eigenvalue weighted by Gasteiger charge is -2.08. The summed E-state index contributed by atoms with van der Waals surface area (Å²) in [6.07, 6.45) is 0.268. The molecule has 1 aromatic heterocycles. The molecular weight excluding hydrogens is 196 g/mol. The molecule has 1 aromatic rings. The molecule has 0 saturated heterocycles. The van der Waals surface area contributed by atoms with Gasteiger partial charge in [0.15, 0.2) is 0 Å². The molecule has 0 radical (unpaired) electrons. The fourth-order valence-corrected chi connectivity index (χ4v) is 0.963. The highest BCUT2D eigenvalue weighted by Crippen LogP contribution is 1.96. The molecule has 0 aliphatic heterocycles. The predicted octanol–water partition coefficient (Wildman–Crippen LogP) is -0.750. The van der Waals surface area contributed by atoms with Crippen molar-refractivity contribution in [3.8, 4) is 0 Å². The van der Waals surface area contributed by atoms with E-state index in [1.807, 2.05) is 0 Å². The molecule has 0 aliphatic rings. The summed E-state index contributed by atoms with van der Waals surface area (Å²) < 4.78 is 1.17. The molecule has 0 aromatic carbocycles. The van der Waals surface area contributed by atoms with Gasteiger partial charge in [0, 0.05) is 6.07 Å². The average molecular weight is 205 g/mol. The fraction of sp³-hybridized carbons (Fsp3) is 0.429. The predicted molar refractivity (Wildman–Crippen MR) is 46.6 cm³/mol. The smallest absolute Gasteiger partial charge is 0.254 e. The SMILES string of the molecule is O=c1cc(Cl)ncn1CC(O)CO. The monoisotopic (exact) mass is 204 g/mol. The van der Waals surface area contributed by atoms with E-state index in [0.717, 1.165) is 6.07 Å². The van der Waals surface area contributed by atoms with Crippen LogP contribution in [0, 0.1) is 0 Å². The van der Waals surface area contributed by atoms with E-state index in [1.165, 1.54) is 10.9 Å². The Morgan fingerprint density at radius 3 is 2.92 bits per heavy atom. The van der Waals surface area contributed by atoms with Crippen molar-refractivity contribution in [2.24, 2.45) is 0 Å². The van der Waals surface area contributed by atoms with Crippen molar-refractivity contribution in [2.45, 2.75) is 12.6 Å². The van der Waals surface area contributed by atoms with E-state index in [9.17, 15) is 4.79 Å². The molecule has 0 saturated carbocycles. The minimum atomic E-state index is -0.958. The molecule has 0 fully saturated rings. The molecule has 72 valence electrons. The van der Waals surface area contributed by atoms with Crippen LogP contribution in [0.4, 0.5) is 0 Å². The van der Waals surface area contributed by atoms with E-state index < -0.39 is 12.7 Å². The highest BCUT2D eigenvalue weighted by molar-refractivity contribution is 6.29. The van der Waals surface area contributed by atoms with Gasteiger partial charge in [0.2, 0.25) is 0 Å². The third kappa shape index (κ3) is 2.80. The standard InChI is InChI=1S/C7H9ClN2O3/c8-6-1-7(13)10(4-9-6)2-5(12)3-11/h1,4-5,11-12H,2-3H2. The van der Waals surface area contributed by atoms with E-state index in [1.54, 1.807) is 0 Å². The molecule has 0 spiro atoms. The largest absolute Gasteiger partial charge is 0.394 e. The molecule has 1 unspecified atom stereocenters. The van der Waals surface area contributed by atoms with E-state index in [-0.39, 0.29) is 17.3 Å². The summed E-state index contributed by atoms with van der Waals surface area (Å²) in [6.45, 7) is -0.380. The van der Waals surface area contributed by atoms with Gasteiger partial charge in [0.25, 0.3) is 5.56 Å². The lowest BCUT2D eigenvalue weighted by atomic mass is 10.4. The van der Waals surface area contributed by atoms with E-state index >= 15 is 0 Å². The minimum Gasteiger partial charge on any atom is -0.394 e. The van der Waals surface area contributed by atoms with Crippen LogP contribution >= 0.6 is 11.6 Å². The topological polar surface area (TPSA) is 75.4 Å². The second-order valence-corrected chi connectivity index (χ2v) is 2.93. The number of rotatable bonds is 3. The van der Waals surface area contributed by atoms with Gasteiger partial charge in [-0.2, -0.15) is 0 Å². The second-order valence-electron chi connectivity index (χ2n) is 2.54. The fourth-order valence-electron chi connectivity index (χ4n) is 0.826. The quantitative estimate of drug-likeness (QED) is 0.636. The number of halogens is 1. The zero-order valence-corrected chi connectivity index (χ0v) is 7.48. The van der Waals surface area contributed by atoms with Crippen LogP contribution in [-0.4, -0.2) is 32.5 Å². The Labute approximate surface area is 79.2 Å². The summed E-state index contributed by atoms with van der Waals surface area (Å²) in [5.41, 5.74) is -0.354. The summed E-state index contributed by atoms with van der Waals surface area (Å²) in [5, 5.41) is 17.7. The molecule has 5 nitrogen and oxygen atoms in total. The van der Waals surface area contributed by atoms with E-state index in [4.69, 9.17) is 21.8 Å². The molecule has 0 aliphatic carbocycles. The molecule has 0 bridgehead atoms. The number of aromatic nitrogens is 2. The molecule has 0 amide bonds. The second kappa shape index (κ2) is 4.36. The van der Waals surface area contributed by atoms with Crippen molar-refractivity contribution in [3.05, 3.63) is 27.9 Å². The van der Waals surface area contributed by atoms with Crippen molar-refractivity contribution < 1.29 is 10.2 Å². The molecule has 1 rings (SSSR count).